The number of benzene rings is 1. The summed E-state index contributed by atoms with van der Waals surface area (Å²) in [6.45, 7) is 3.01. The van der Waals surface area contributed by atoms with Crippen LogP contribution >= 0.6 is 0 Å². The molecular weight excluding hydrogens is 292 g/mol. The van der Waals surface area contributed by atoms with Gasteiger partial charge in [0.15, 0.2) is 0 Å². The van der Waals surface area contributed by atoms with E-state index in [0.29, 0.717) is 30.2 Å². The number of hydrogen-bond donors (Lipinski definition) is 3. The van der Waals surface area contributed by atoms with Crippen molar-refractivity contribution in [2.45, 2.75) is 19.1 Å². The van der Waals surface area contributed by atoms with Crippen molar-refractivity contribution in [3.63, 3.8) is 0 Å². The third-order valence-corrected chi connectivity index (χ3v) is 3.79. The second-order valence-corrected chi connectivity index (χ2v) is 5.41. The molecule has 2 aromatic rings. The Morgan fingerprint density at radius 3 is 3.00 bits per heavy atom. The fraction of sp³-hybridized carbons (Fsp3) is 0.294. The second kappa shape index (κ2) is 6.66. The largest absolute Gasteiger partial charge is 0.469 e. The summed E-state index contributed by atoms with van der Waals surface area (Å²) < 4.78 is 5.91. The third kappa shape index (κ3) is 3.27. The minimum atomic E-state index is -0.248. The van der Waals surface area contributed by atoms with E-state index >= 15 is 0 Å². The number of nitrogens with two attached hydrogens (primary N) is 1. The van der Waals surface area contributed by atoms with Gasteiger partial charge in [-0.05, 0) is 18.6 Å². The fourth-order valence-electron chi connectivity index (χ4n) is 2.55. The lowest BCUT2D eigenvalue weighted by molar-refractivity contribution is 0.0955. The molecule has 3 rings (SSSR count). The van der Waals surface area contributed by atoms with Crippen molar-refractivity contribution >= 4 is 11.6 Å². The number of pyridine rings is 1. The Hall–Kier alpha value is -2.60. The highest BCUT2D eigenvalue weighted by atomic mass is 16.5. The molecule has 0 spiro atoms. The molecule has 23 heavy (non-hydrogen) atoms. The Kier molecular flexibility index (Phi) is 4.43. The van der Waals surface area contributed by atoms with Gasteiger partial charge in [-0.15, -0.1) is 0 Å². The quantitative estimate of drug-likeness (QED) is 0.799. The van der Waals surface area contributed by atoms with Crippen molar-refractivity contribution in [2.75, 3.05) is 18.4 Å². The molecule has 1 aliphatic heterocycles. The lowest BCUT2D eigenvalue weighted by atomic mass is 10.0. The number of carbonyl (C=O) groups is 1. The van der Waals surface area contributed by atoms with Crippen LogP contribution in [0, 0.1) is 0 Å². The number of anilines is 1. The van der Waals surface area contributed by atoms with Crippen LogP contribution in [0.1, 0.15) is 28.9 Å². The molecule has 1 aliphatic rings. The molecule has 0 saturated carbocycles. The normalized spacial score (nSPS) is 17.4. The van der Waals surface area contributed by atoms with Crippen LogP contribution in [0.3, 0.4) is 0 Å². The van der Waals surface area contributed by atoms with E-state index in [1.807, 2.05) is 37.3 Å². The van der Waals surface area contributed by atoms with E-state index in [1.54, 1.807) is 6.07 Å². The molecule has 0 fully saturated rings. The average molecular weight is 312 g/mol. The van der Waals surface area contributed by atoms with Gasteiger partial charge in [0.25, 0.3) is 5.91 Å². The number of nitrogens with one attached hydrogen (secondary N) is 2. The minimum absolute atomic E-state index is 0.146. The zero-order valence-corrected chi connectivity index (χ0v) is 13.0. The Morgan fingerprint density at radius 1 is 1.48 bits per heavy atom. The van der Waals surface area contributed by atoms with Gasteiger partial charge in [-0.3, -0.25) is 4.79 Å². The molecule has 1 amide bonds. The monoisotopic (exact) mass is 312 g/mol. The maximum Gasteiger partial charge on any atom is 0.252 e. The molecule has 6 nitrogen and oxygen atoms in total. The summed E-state index contributed by atoms with van der Waals surface area (Å²) in [5, 5.41) is 6.00. The van der Waals surface area contributed by atoms with Crippen LogP contribution in [0.2, 0.25) is 0 Å². The first-order valence-corrected chi connectivity index (χ1v) is 7.68. The molecule has 6 heteroatoms. The van der Waals surface area contributed by atoms with E-state index in [-0.39, 0.29) is 18.1 Å². The Labute approximate surface area is 135 Å². The molecule has 2 atom stereocenters. The van der Waals surface area contributed by atoms with Crippen LogP contribution in [-0.2, 0) is 0 Å². The summed E-state index contributed by atoms with van der Waals surface area (Å²) in [4.78, 5) is 16.1. The lowest BCUT2D eigenvalue weighted by Crippen LogP contribution is -2.40. The van der Waals surface area contributed by atoms with Crippen LogP contribution in [0.25, 0.3) is 0 Å². The van der Waals surface area contributed by atoms with Crippen molar-refractivity contribution < 1.29 is 9.53 Å². The lowest BCUT2D eigenvalue weighted by Gasteiger charge is -2.30. The van der Waals surface area contributed by atoms with E-state index in [9.17, 15) is 4.79 Å². The summed E-state index contributed by atoms with van der Waals surface area (Å²) in [6.07, 6.45) is 1.30. The molecule has 1 aromatic heterocycles. The van der Waals surface area contributed by atoms with Gasteiger partial charge in [0.05, 0.1) is 23.8 Å². The van der Waals surface area contributed by atoms with Crippen molar-refractivity contribution in [3.8, 4) is 5.88 Å². The number of rotatable bonds is 4. The highest BCUT2D eigenvalue weighted by Crippen LogP contribution is 2.30. The van der Waals surface area contributed by atoms with Gasteiger partial charge < -0.3 is 21.1 Å². The molecule has 0 bridgehead atoms. The van der Waals surface area contributed by atoms with Crippen molar-refractivity contribution in [1.29, 1.82) is 0 Å². The maximum absolute atomic E-state index is 11.8. The maximum atomic E-state index is 11.8. The summed E-state index contributed by atoms with van der Waals surface area (Å²) in [6, 6.07) is 11.3. The molecule has 1 aromatic carbocycles. The Morgan fingerprint density at radius 2 is 2.26 bits per heavy atom. The van der Waals surface area contributed by atoms with Crippen molar-refractivity contribution in [1.82, 2.24) is 10.3 Å². The molecule has 4 N–H and O–H groups in total. The van der Waals surface area contributed by atoms with Crippen LogP contribution in [0.5, 0.6) is 5.88 Å². The van der Waals surface area contributed by atoms with E-state index in [2.05, 4.69) is 15.6 Å². The topological polar surface area (TPSA) is 89.3 Å². The van der Waals surface area contributed by atoms with Gasteiger partial charge in [-0.2, -0.15) is 0 Å². The average Bonchev–Trinajstić information content (AvgIpc) is 2.61. The highest BCUT2D eigenvalue weighted by molar-refractivity contribution is 5.95. The number of fused-ring (bicyclic) bond motifs is 1. The smallest absolute Gasteiger partial charge is 0.252 e. The number of hydrogen-bond acceptors (Lipinski definition) is 5. The Balaban J connectivity index is 1.75. The number of amides is 1. The Bertz CT molecular complexity index is 690. The molecule has 0 unspecified atom stereocenters. The predicted molar refractivity (Wildman–Crippen MR) is 88.5 cm³/mol. The number of aromatic nitrogens is 1. The standard InChI is InChI=1S/C17H20N4O2/c1-2-19-16(22)12-8-13-17(21-9-12)23-14(10-20-13)15(18)11-6-4-3-5-7-11/h3-9,14-15,20H,2,10,18H2,1H3,(H,19,22)/t14-,15+/m0/s1. The number of ether oxygens (including phenoxy) is 1. The highest BCUT2D eigenvalue weighted by Gasteiger charge is 2.27. The molecule has 2 heterocycles. The van der Waals surface area contributed by atoms with Crippen molar-refractivity contribution in [2.24, 2.45) is 5.73 Å². The van der Waals surface area contributed by atoms with Gasteiger partial charge in [0, 0.05) is 12.7 Å². The summed E-state index contributed by atoms with van der Waals surface area (Å²) in [7, 11) is 0. The van der Waals surface area contributed by atoms with Crippen LogP contribution < -0.4 is 21.1 Å². The van der Waals surface area contributed by atoms with Gasteiger partial charge in [-0.1, -0.05) is 30.3 Å². The van der Waals surface area contributed by atoms with Crippen molar-refractivity contribution in [3.05, 3.63) is 53.7 Å². The molecular formula is C17H20N4O2. The number of carbonyl (C=O) groups excluding carboxylic acids is 1. The first-order chi connectivity index (χ1) is 11.2. The van der Waals surface area contributed by atoms with Crippen LogP contribution in [0.4, 0.5) is 5.69 Å². The SMILES string of the molecule is CCNC(=O)c1cnc2c(c1)NC[C@@H]([C@H](N)c1ccccc1)O2. The summed E-state index contributed by atoms with van der Waals surface area (Å²) in [5.74, 6) is 0.327. The molecule has 0 radical (unpaired) electrons. The van der Waals surface area contributed by atoms with E-state index in [0.717, 1.165) is 5.56 Å². The zero-order valence-electron chi connectivity index (χ0n) is 13.0. The van der Waals surface area contributed by atoms with E-state index in [4.69, 9.17) is 10.5 Å². The summed E-state index contributed by atoms with van der Waals surface area (Å²) >= 11 is 0. The first kappa shape index (κ1) is 15.3. The molecule has 120 valence electrons. The zero-order chi connectivity index (χ0) is 16.2. The van der Waals surface area contributed by atoms with E-state index < -0.39 is 0 Å². The molecule has 0 saturated heterocycles. The predicted octanol–water partition coefficient (Wildman–Crippen LogP) is 1.70. The second-order valence-electron chi connectivity index (χ2n) is 5.41. The van der Waals surface area contributed by atoms with E-state index in [1.165, 1.54) is 6.20 Å². The van der Waals surface area contributed by atoms with Gasteiger partial charge in [0.2, 0.25) is 5.88 Å². The summed E-state index contributed by atoms with van der Waals surface area (Å²) in [5.41, 5.74) is 8.52. The van der Waals surface area contributed by atoms with Gasteiger partial charge in [-0.25, -0.2) is 4.98 Å². The fourth-order valence-corrected chi connectivity index (χ4v) is 2.55. The minimum Gasteiger partial charge on any atom is -0.469 e. The van der Waals surface area contributed by atoms with Gasteiger partial charge in [0.1, 0.15) is 6.10 Å². The van der Waals surface area contributed by atoms with Crippen LogP contribution in [-0.4, -0.2) is 30.1 Å². The first-order valence-electron chi connectivity index (χ1n) is 7.68. The number of nitrogens with zero attached hydrogens (tertiary/aromatic N) is 1. The third-order valence-electron chi connectivity index (χ3n) is 3.79. The van der Waals surface area contributed by atoms with Gasteiger partial charge >= 0.3 is 0 Å². The van der Waals surface area contributed by atoms with Crippen LogP contribution in [0.15, 0.2) is 42.6 Å². The molecule has 0 aliphatic carbocycles.